The number of halogens is 2. The molecular weight excluding hydrogens is 429 g/mol. The van der Waals surface area contributed by atoms with Crippen molar-refractivity contribution in [1.82, 2.24) is 0 Å². The summed E-state index contributed by atoms with van der Waals surface area (Å²) < 4.78 is 66.4. The molecule has 24 heavy (non-hydrogen) atoms. The van der Waals surface area contributed by atoms with Crippen LogP contribution in [0, 0.1) is 0 Å². The average Bonchev–Trinajstić information content (AvgIpc) is 2.34. The predicted molar refractivity (Wildman–Crippen MR) is 73.2 cm³/mol. The predicted octanol–water partition coefficient (Wildman–Crippen LogP) is -4.63. The molecule has 0 fully saturated rings. The molecule has 0 aliphatic heterocycles. The van der Waals surface area contributed by atoms with Gasteiger partial charge in [-0.05, 0) is 17.5 Å². The van der Waals surface area contributed by atoms with Gasteiger partial charge in [0.15, 0.2) is 0 Å². The molecule has 2 aromatic rings. The molecule has 14 heteroatoms. The zero-order valence-corrected chi connectivity index (χ0v) is 19.2. The van der Waals surface area contributed by atoms with Crippen LogP contribution in [0.25, 0.3) is 10.8 Å². The zero-order valence-electron chi connectivity index (χ0n) is 12.1. The van der Waals surface area contributed by atoms with E-state index in [0.717, 1.165) is 0 Å². The molecule has 8 nitrogen and oxygen atoms in total. The maximum atomic E-state index is 11.1. The first-order valence-corrected chi connectivity index (χ1v) is 8.71. The molecule has 0 saturated heterocycles. The Balaban J connectivity index is 0.00000264. The maximum Gasteiger partial charge on any atom is 1.00 e. The van der Waals surface area contributed by atoms with E-state index in [2.05, 4.69) is 0 Å². The van der Waals surface area contributed by atoms with Crippen LogP contribution in [0.15, 0.2) is 21.9 Å². The van der Waals surface area contributed by atoms with Gasteiger partial charge in [0.25, 0.3) is 0 Å². The Morgan fingerprint density at radius 1 is 0.792 bits per heavy atom. The summed E-state index contributed by atoms with van der Waals surface area (Å²) >= 11 is 11.1. The average molecular weight is 433 g/mol. The minimum absolute atomic E-state index is 0. The summed E-state index contributed by atoms with van der Waals surface area (Å²) in [4.78, 5) is -2.09. The number of rotatable bonds is 2. The fourth-order valence-electron chi connectivity index (χ4n) is 1.80. The Hall–Kier alpha value is 0.700. The molecule has 0 aromatic heterocycles. The minimum atomic E-state index is -5.10. The van der Waals surface area contributed by atoms with Crippen LogP contribution in [-0.2, 0) is 20.2 Å². The van der Waals surface area contributed by atoms with Gasteiger partial charge in [-0.1, -0.05) is 23.2 Å². The first-order chi connectivity index (χ1) is 9.85. The Bertz CT molecular complexity index is 943. The Morgan fingerprint density at radius 3 is 1.33 bits per heavy atom. The molecule has 2 aromatic carbocycles. The third kappa shape index (κ3) is 4.51. The van der Waals surface area contributed by atoms with E-state index in [1.807, 2.05) is 0 Å². The Morgan fingerprint density at radius 2 is 1.08 bits per heavy atom. The second kappa shape index (κ2) is 8.15. The van der Waals surface area contributed by atoms with E-state index < -0.39 is 62.3 Å². The Labute approximate surface area is 190 Å². The van der Waals surface area contributed by atoms with E-state index in [4.69, 9.17) is 23.2 Å². The van der Waals surface area contributed by atoms with Crippen LogP contribution in [0.2, 0.25) is 10.0 Å². The summed E-state index contributed by atoms with van der Waals surface area (Å²) in [6, 6.07) is 1.23. The van der Waals surface area contributed by atoms with Gasteiger partial charge in [-0.2, -0.15) is 0 Å². The van der Waals surface area contributed by atoms with E-state index in [9.17, 15) is 36.2 Å². The van der Waals surface area contributed by atoms with Gasteiger partial charge in [0.1, 0.15) is 41.8 Å². The topological polar surface area (TPSA) is 155 Å². The first-order valence-electron chi connectivity index (χ1n) is 5.14. The molecule has 0 atom stereocenters. The van der Waals surface area contributed by atoms with Crippen molar-refractivity contribution in [3.05, 3.63) is 22.2 Å². The number of phenolic OH excluding ortho intramolecular Hbond substituents is 2. The Kier molecular flexibility index (Phi) is 8.39. The van der Waals surface area contributed by atoms with Gasteiger partial charge in [0.2, 0.25) is 0 Å². The van der Waals surface area contributed by atoms with Crippen molar-refractivity contribution >= 4 is 54.2 Å². The molecule has 0 aliphatic carbocycles. The van der Waals surface area contributed by atoms with Crippen molar-refractivity contribution in [2.75, 3.05) is 0 Å². The zero-order chi connectivity index (χ0) is 17.0. The van der Waals surface area contributed by atoms with Gasteiger partial charge in [0.05, 0.1) is 15.2 Å². The number of hydrogen-bond acceptors (Lipinski definition) is 8. The number of phenols is 2. The van der Waals surface area contributed by atoms with Gasteiger partial charge < -0.3 is 19.3 Å². The van der Waals surface area contributed by atoms with Crippen molar-refractivity contribution in [2.45, 2.75) is 9.79 Å². The second-order valence-corrected chi connectivity index (χ2v) is 7.53. The van der Waals surface area contributed by atoms with Crippen molar-refractivity contribution in [1.29, 1.82) is 0 Å². The number of benzene rings is 2. The summed E-state index contributed by atoms with van der Waals surface area (Å²) in [7, 11) is -10.2. The van der Waals surface area contributed by atoms with E-state index in [0.29, 0.717) is 12.1 Å². The monoisotopic (exact) mass is 432 g/mol. The van der Waals surface area contributed by atoms with E-state index in [1.54, 1.807) is 0 Å². The van der Waals surface area contributed by atoms with Gasteiger partial charge in [0, 0.05) is 0 Å². The molecule has 0 amide bonds. The molecule has 0 radical (unpaired) electrons. The van der Waals surface area contributed by atoms with Gasteiger partial charge >= 0.3 is 59.1 Å². The SMILES string of the molecule is O=S(=O)([O-])c1cc2cc(S(=O)(=O)[O-])c(Cl)c(O)c2c(O)c1Cl.[Na+].[Na+]. The fraction of sp³-hybridized carbons (Fsp3) is 0. The van der Waals surface area contributed by atoms with Crippen LogP contribution >= 0.6 is 23.2 Å². The standard InChI is InChI=1S/C10H6Cl2O8S2.2Na/c11-7-4(21(15,16)17)1-3-2-5(22(18,19)20)8(12)10(14)6(3)9(7)13;;/h1-2,13-14H,(H,15,16,17)(H,18,19,20);;/q;2*+1/p-2. The van der Waals surface area contributed by atoms with Crippen LogP contribution in [0.1, 0.15) is 0 Å². The first kappa shape index (κ1) is 24.7. The van der Waals surface area contributed by atoms with Crippen molar-refractivity contribution < 1.29 is 95.3 Å². The van der Waals surface area contributed by atoms with Crippen LogP contribution in [0.5, 0.6) is 11.5 Å². The molecule has 0 unspecified atom stereocenters. The van der Waals surface area contributed by atoms with Gasteiger partial charge in [-0.3, -0.25) is 0 Å². The minimum Gasteiger partial charge on any atom is -0.744 e. The maximum absolute atomic E-state index is 11.1. The van der Waals surface area contributed by atoms with Gasteiger partial charge in [-0.15, -0.1) is 0 Å². The molecule has 0 bridgehead atoms. The second-order valence-electron chi connectivity index (χ2n) is 4.08. The molecule has 0 heterocycles. The van der Waals surface area contributed by atoms with Crippen molar-refractivity contribution in [2.24, 2.45) is 0 Å². The van der Waals surface area contributed by atoms with Crippen LogP contribution < -0.4 is 59.1 Å². The third-order valence-electron chi connectivity index (χ3n) is 2.72. The molecule has 0 spiro atoms. The number of aromatic hydroxyl groups is 2. The quantitative estimate of drug-likeness (QED) is 0.354. The summed E-state index contributed by atoms with van der Waals surface area (Å²) in [5, 5.41) is 17.0. The summed E-state index contributed by atoms with van der Waals surface area (Å²) in [6.07, 6.45) is 0. The van der Waals surface area contributed by atoms with E-state index >= 15 is 0 Å². The molecule has 2 rings (SSSR count). The normalized spacial score (nSPS) is 11.7. The van der Waals surface area contributed by atoms with Crippen LogP contribution in [-0.4, -0.2) is 36.2 Å². The van der Waals surface area contributed by atoms with E-state index in [1.165, 1.54) is 0 Å². The molecule has 0 aliphatic rings. The third-order valence-corrected chi connectivity index (χ3v) is 5.43. The smallest absolute Gasteiger partial charge is 0.744 e. The largest absolute Gasteiger partial charge is 1.00 e. The summed E-state index contributed by atoms with van der Waals surface area (Å²) in [6.45, 7) is 0. The summed E-state index contributed by atoms with van der Waals surface area (Å²) in [5.41, 5.74) is 0. The molecule has 2 N–H and O–H groups in total. The van der Waals surface area contributed by atoms with Crippen molar-refractivity contribution in [3.8, 4) is 11.5 Å². The number of hydrogen-bond donors (Lipinski definition) is 2. The van der Waals surface area contributed by atoms with Crippen LogP contribution in [0.4, 0.5) is 0 Å². The fourth-order valence-corrected chi connectivity index (χ4v) is 3.84. The van der Waals surface area contributed by atoms with Gasteiger partial charge in [-0.25, -0.2) is 16.8 Å². The van der Waals surface area contributed by atoms with Crippen LogP contribution in [0.3, 0.4) is 0 Å². The summed E-state index contributed by atoms with van der Waals surface area (Å²) in [5.74, 6) is -1.99. The van der Waals surface area contributed by atoms with Crippen molar-refractivity contribution in [3.63, 3.8) is 0 Å². The molecule has 0 saturated carbocycles. The molecule has 120 valence electrons. The molecular formula is C10H4Cl2Na2O8S2. The number of fused-ring (bicyclic) bond motifs is 1. The van der Waals surface area contributed by atoms with E-state index in [-0.39, 0.29) is 59.1 Å².